The lowest BCUT2D eigenvalue weighted by Gasteiger charge is -2.13. The van der Waals surface area contributed by atoms with Gasteiger partial charge in [-0.25, -0.2) is 0 Å². The number of nitrogens with zero attached hydrogens (tertiary/aromatic N) is 1. The molecule has 3 rings (SSSR count). The number of fused-ring (bicyclic) bond motifs is 1. The average Bonchev–Trinajstić information content (AvgIpc) is 2.98. The van der Waals surface area contributed by atoms with E-state index in [2.05, 4.69) is 5.32 Å². The van der Waals surface area contributed by atoms with E-state index in [4.69, 9.17) is 9.47 Å². The minimum Gasteiger partial charge on any atom is -0.494 e. The molecular weight excluding hydrogens is 355 g/mol. The van der Waals surface area contributed by atoms with Gasteiger partial charge in [-0.2, -0.15) is 4.39 Å². The van der Waals surface area contributed by atoms with Gasteiger partial charge in [0.15, 0.2) is 0 Å². The van der Waals surface area contributed by atoms with Crippen LogP contribution in [-0.2, 0) is 13.0 Å². The van der Waals surface area contributed by atoms with Gasteiger partial charge in [0.05, 0.1) is 11.5 Å². The topological polar surface area (TPSA) is 90.7 Å². The maximum absolute atomic E-state index is 13.4. The molecular formula is C19H19FN2O5. The number of rotatable bonds is 6. The number of carbonyl (C=O) groups excluding carboxylic acids is 1. The van der Waals surface area contributed by atoms with Crippen LogP contribution in [0, 0.1) is 15.9 Å². The van der Waals surface area contributed by atoms with E-state index in [0.717, 1.165) is 35.4 Å². The van der Waals surface area contributed by atoms with Crippen molar-refractivity contribution in [3.05, 3.63) is 63.0 Å². The molecule has 0 spiro atoms. The van der Waals surface area contributed by atoms with E-state index in [1.165, 1.54) is 6.07 Å². The lowest BCUT2D eigenvalue weighted by atomic mass is 10.1. The van der Waals surface area contributed by atoms with Crippen LogP contribution >= 0.6 is 0 Å². The highest BCUT2D eigenvalue weighted by Crippen LogP contribution is 2.35. The molecule has 0 saturated heterocycles. The van der Waals surface area contributed by atoms with E-state index in [1.54, 1.807) is 0 Å². The summed E-state index contributed by atoms with van der Waals surface area (Å²) in [5, 5.41) is 13.5. The summed E-state index contributed by atoms with van der Waals surface area (Å²) in [6.45, 7) is 4.46. The monoisotopic (exact) mass is 374 g/mol. The maximum Gasteiger partial charge on any atom is 0.305 e. The van der Waals surface area contributed by atoms with Crippen molar-refractivity contribution in [3.63, 3.8) is 0 Å². The first kappa shape index (κ1) is 18.6. The lowest BCUT2D eigenvalue weighted by molar-refractivity contribution is -0.387. The summed E-state index contributed by atoms with van der Waals surface area (Å²) < 4.78 is 24.8. The molecule has 0 unspecified atom stereocenters. The molecule has 2 aromatic carbocycles. The minimum absolute atomic E-state index is 0.00657. The van der Waals surface area contributed by atoms with Crippen molar-refractivity contribution in [1.29, 1.82) is 0 Å². The van der Waals surface area contributed by atoms with Crippen molar-refractivity contribution in [2.45, 2.75) is 32.9 Å². The fourth-order valence-electron chi connectivity index (χ4n) is 2.98. The van der Waals surface area contributed by atoms with Crippen LogP contribution in [0.15, 0.2) is 30.3 Å². The molecule has 0 saturated carbocycles. The summed E-state index contributed by atoms with van der Waals surface area (Å²) in [4.78, 5) is 22.3. The fraction of sp³-hybridized carbons (Fsp3) is 0.316. The highest BCUT2D eigenvalue weighted by Gasteiger charge is 2.22. The first-order valence-electron chi connectivity index (χ1n) is 8.56. The first-order chi connectivity index (χ1) is 12.9. The number of ether oxygens (including phenoxy) is 2. The molecule has 1 aliphatic heterocycles. The molecule has 1 aliphatic rings. The number of nitro benzene ring substituents is 1. The SMILES string of the molecule is CCOc1cc2c(cc1CNC(=O)c1ccc(F)c([N+](=O)[O-])c1)O[C@@H](C)C2. The number of carbonyl (C=O) groups is 1. The number of benzene rings is 2. The number of hydrogen-bond donors (Lipinski definition) is 1. The highest BCUT2D eigenvalue weighted by molar-refractivity contribution is 5.94. The van der Waals surface area contributed by atoms with Crippen molar-refractivity contribution in [1.82, 2.24) is 5.32 Å². The summed E-state index contributed by atoms with van der Waals surface area (Å²) in [6.07, 6.45) is 0.875. The normalized spacial score (nSPS) is 15.0. The smallest absolute Gasteiger partial charge is 0.305 e. The maximum atomic E-state index is 13.4. The van der Waals surface area contributed by atoms with Crippen molar-refractivity contribution >= 4 is 11.6 Å². The Bertz CT molecular complexity index is 900. The molecule has 1 N–H and O–H groups in total. The number of nitrogens with one attached hydrogen (secondary N) is 1. The molecule has 0 aliphatic carbocycles. The summed E-state index contributed by atoms with van der Waals surface area (Å²) in [5.74, 6) is -0.123. The summed E-state index contributed by atoms with van der Waals surface area (Å²) in [5.41, 5.74) is 1.05. The Balaban J connectivity index is 1.78. The van der Waals surface area contributed by atoms with Crippen LogP contribution in [0.4, 0.5) is 10.1 Å². The van der Waals surface area contributed by atoms with Crippen LogP contribution < -0.4 is 14.8 Å². The number of halogens is 1. The Morgan fingerprint density at radius 3 is 2.89 bits per heavy atom. The van der Waals surface area contributed by atoms with Crippen LogP contribution in [-0.4, -0.2) is 23.5 Å². The standard InChI is InChI=1S/C19H19FN2O5/c1-3-26-17-8-13-6-11(2)27-18(13)9-14(17)10-21-19(23)12-4-5-15(20)16(7-12)22(24)25/h4-5,7-9,11H,3,6,10H2,1-2H3,(H,21,23)/t11-/m0/s1. The van der Waals surface area contributed by atoms with Crippen molar-refractivity contribution in [2.24, 2.45) is 0 Å². The molecule has 2 aromatic rings. The van der Waals surface area contributed by atoms with Crippen molar-refractivity contribution < 1.29 is 23.6 Å². The minimum atomic E-state index is -0.986. The highest BCUT2D eigenvalue weighted by atomic mass is 19.1. The van der Waals surface area contributed by atoms with Gasteiger partial charge in [-0.3, -0.25) is 14.9 Å². The van der Waals surface area contributed by atoms with Crippen LogP contribution in [0.25, 0.3) is 0 Å². The van der Waals surface area contributed by atoms with E-state index in [-0.39, 0.29) is 18.2 Å². The Morgan fingerprint density at radius 2 is 2.19 bits per heavy atom. The predicted molar refractivity (Wildman–Crippen MR) is 95.6 cm³/mol. The number of amides is 1. The zero-order valence-corrected chi connectivity index (χ0v) is 15.0. The Kier molecular flexibility index (Phi) is 5.25. The Labute approximate surface area is 155 Å². The quantitative estimate of drug-likeness (QED) is 0.618. The van der Waals surface area contributed by atoms with Gasteiger partial charge in [-0.15, -0.1) is 0 Å². The van der Waals surface area contributed by atoms with Gasteiger partial charge in [-0.1, -0.05) is 0 Å². The molecule has 1 heterocycles. The van der Waals surface area contributed by atoms with E-state index in [9.17, 15) is 19.3 Å². The van der Waals surface area contributed by atoms with Crippen LogP contribution in [0.1, 0.15) is 35.3 Å². The lowest BCUT2D eigenvalue weighted by Crippen LogP contribution is -2.23. The third kappa shape index (κ3) is 3.99. The third-order valence-corrected chi connectivity index (χ3v) is 4.22. The summed E-state index contributed by atoms with van der Waals surface area (Å²) >= 11 is 0. The first-order valence-corrected chi connectivity index (χ1v) is 8.56. The van der Waals surface area contributed by atoms with Gasteiger partial charge in [0, 0.05) is 35.7 Å². The van der Waals surface area contributed by atoms with Crippen LogP contribution in [0.3, 0.4) is 0 Å². The molecule has 7 nitrogen and oxygen atoms in total. The second-order valence-electron chi connectivity index (χ2n) is 6.24. The van der Waals surface area contributed by atoms with E-state index in [1.807, 2.05) is 26.0 Å². The molecule has 0 radical (unpaired) electrons. The third-order valence-electron chi connectivity index (χ3n) is 4.22. The molecule has 8 heteroatoms. The molecule has 0 bridgehead atoms. The van der Waals surface area contributed by atoms with Crippen molar-refractivity contribution in [2.75, 3.05) is 6.61 Å². The number of nitro groups is 1. The largest absolute Gasteiger partial charge is 0.494 e. The zero-order chi connectivity index (χ0) is 19.6. The Morgan fingerprint density at radius 1 is 1.41 bits per heavy atom. The molecule has 1 atom stereocenters. The second-order valence-corrected chi connectivity index (χ2v) is 6.24. The van der Waals surface area contributed by atoms with Crippen molar-refractivity contribution in [3.8, 4) is 11.5 Å². The second kappa shape index (κ2) is 7.61. The van der Waals surface area contributed by atoms with E-state index >= 15 is 0 Å². The van der Waals surface area contributed by atoms with Gasteiger partial charge in [0.1, 0.15) is 17.6 Å². The van der Waals surface area contributed by atoms with Gasteiger partial charge < -0.3 is 14.8 Å². The Hall–Kier alpha value is -3.16. The van der Waals surface area contributed by atoms with Gasteiger partial charge in [0.2, 0.25) is 5.82 Å². The summed E-state index contributed by atoms with van der Waals surface area (Å²) in [6, 6.07) is 6.77. The van der Waals surface area contributed by atoms with E-state index < -0.39 is 22.3 Å². The average molecular weight is 374 g/mol. The zero-order valence-electron chi connectivity index (χ0n) is 15.0. The number of hydrogen-bond acceptors (Lipinski definition) is 5. The molecule has 27 heavy (non-hydrogen) atoms. The van der Waals surface area contributed by atoms with Crippen LogP contribution in [0.2, 0.25) is 0 Å². The molecule has 142 valence electrons. The van der Waals surface area contributed by atoms with Crippen LogP contribution in [0.5, 0.6) is 11.5 Å². The van der Waals surface area contributed by atoms with Gasteiger partial charge in [0.25, 0.3) is 5.91 Å². The predicted octanol–water partition coefficient (Wildman–Crippen LogP) is 3.39. The van der Waals surface area contributed by atoms with Gasteiger partial charge >= 0.3 is 5.69 Å². The van der Waals surface area contributed by atoms with E-state index in [0.29, 0.717) is 12.4 Å². The molecule has 0 fully saturated rings. The molecule has 1 amide bonds. The molecule has 0 aromatic heterocycles. The summed E-state index contributed by atoms with van der Waals surface area (Å²) in [7, 11) is 0. The fourth-order valence-corrected chi connectivity index (χ4v) is 2.98. The van der Waals surface area contributed by atoms with Gasteiger partial charge in [-0.05, 0) is 38.1 Å².